The van der Waals surface area contributed by atoms with Crippen LogP contribution < -0.4 is 0 Å². The minimum atomic E-state index is 0.770. The van der Waals surface area contributed by atoms with Gasteiger partial charge >= 0.3 is 0 Å². The molecule has 1 aromatic rings. The highest BCUT2D eigenvalue weighted by Crippen LogP contribution is 2.41. The minimum absolute atomic E-state index is 0.770. The highest BCUT2D eigenvalue weighted by molar-refractivity contribution is 5.78. The van der Waals surface area contributed by atoms with Gasteiger partial charge in [0.15, 0.2) is 0 Å². The van der Waals surface area contributed by atoms with Crippen LogP contribution in [0.15, 0.2) is 53.6 Å². The van der Waals surface area contributed by atoms with Crippen molar-refractivity contribution in [3.8, 4) is 0 Å². The first-order valence-corrected chi connectivity index (χ1v) is 11.4. The molecule has 3 aliphatic carbocycles. The molecule has 0 N–H and O–H groups in total. The summed E-state index contributed by atoms with van der Waals surface area (Å²) in [5.41, 5.74) is 7.63. The van der Waals surface area contributed by atoms with Gasteiger partial charge in [-0.05, 0) is 84.1 Å². The van der Waals surface area contributed by atoms with Crippen LogP contribution in [0.4, 0.5) is 0 Å². The van der Waals surface area contributed by atoms with Gasteiger partial charge in [-0.2, -0.15) is 0 Å². The summed E-state index contributed by atoms with van der Waals surface area (Å²) in [7, 11) is 0. The van der Waals surface area contributed by atoms with E-state index < -0.39 is 0 Å². The number of benzene rings is 1. The van der Waals surface area contributed by atoms with E-state index >= 15 is 0 Å². The van der Waals surface area contributed by atoms with Crippen LogP contribution in [0.2, 0.25) is 0 Å². The van der Waals surface area contributed by atoms with Crippen molar-refractivity contribution in [3.05, 3.63) is 64.8 Å². The summed E-state index contributed by atoms with van der Waals surface area (Å²) < 4.78 is 0. The lowest BCUT2D eigenvalue weighted by Gasteiger charge is -2.22. The van der Waals surface area contributed by atoms with Gasteiger partial charge in [-0.1, -0.05) is 82.0 Å². The Morgan fingerprint density at radius 2 is 1.89 bits per heavy atom. The summed E-state index contributed by atoms with van der Waals surface area (Å²) in [5, 5.41) is 0. The first kappa shape index (κ1) is 18.8. The molecule has 0 aromatic heterocycles. The van der Waals surface area contributed by atoms with E-state index in [1.54, 1.807) is 11.1 Å². The van der Waals surface area contributed by atoms with Gasteiger partial charge in [0.2, 0.25) is 0 Å². The van der Waals surface area contributed by atoms with Crippen LogP contribution in [-0.4, -0.2) is 0 Å². The highest BCUT2D eigenvalue weighted by Gasteiger charge is 2.24. The van der Waals surface area contributed by atoms with Gasteiger partial charge in [0.05, 0.1) is 0 Å². The lowest BCUT2D eigenvalue weighted by atomic mass is 9.84. The van der Waals surface area contributed by atoms with Gasteiger partial charge in [-0.15, -0.1) is 0 Å². The van der Waals surface area contributed by atoms with Crippen LogP contribution in [0.25, 0.3) is 5.57 Å². The van der Waals surface area contributed by atoms with Crippen molar-refractivity contribution in [2.45, 2.75) is 84.0 Å². The molecule has 27 heavy (non-hydrogen) atoms. The maximum atomic E-state index is 2.52. The van der Waals surface area contributed by atoms with Gasteiger partial charge in [-0.3, -0.25) is 0 Å². The Kier molecular flexibility index (Phi) is 6.01. The van der Waals surface area contributed by atoms with Crippen molar-refractivity contribution >= 4 is 5.57 Å². The molecule has 0 bridgehead atoms. The predicted molar refractivity (Wildman–Crippen MR) is 118 cm³/mol. The smallest absolute Gasteiger partial charge is 0.00170 e. The van der Waals surface area contributed by atoms with E-state index in [0.717, 1.165) is 24.2 Å². The van der Waals surface area contributed by atoms with E-state index in [0.29, 0.717) is 0 Å². The Morgan fingerprint density at radius 1 is 1.00 bits per heavy atom. The third-order valence-electron chi connectivity index (χ3n) is 7.29. The fourth-order valence-corrected chi connectivity index (χ4v) is 5.62. The van der Waals surface area contributed by atoms with Crippen molar-refractivity contribution in [2.24, 2.45) is 11.8 Å². The summed E-state index contributed by atoms with van der Waals surface area (Å²) >= 11 is 0. The van der Waals surface area contributed by atoms with Gasteiger partial charge < -0.3 is 0 Å². The van der Waals surface area contributed by atoms with Crippen LogP contribution in [-0.2, 0) is 0 Å². The van der Waals surface area contributed by atoms with Crippen molar-refractivity contribution in [1.29, 1.82) is 0 Å². The molecule has 0 spiro atoms. The number of rotatable bonds is 5. The normalized spacial score (nSPS) is 26.5. The second kappa shape index (κ2) is 8.63. The topological polar surface area (TPSA) is 0 Å². The molecule has 1 aromatic carbocycles. The molecular weight excluding hydrogens is 324 g/mol. The molecule has 0 heteroatoms. The molecule has 0 aliphatic heterocycles. The van der Waals surface area contributed by atoms with Crippen molar-refractivity contribution in [3.63, 3.8) is 0 Å². The summed E-state index contributed by atoms with van der Waals surface area (Å²) in [6, 6.07) is 9.55. The van der Waals surface area contributed by atoms with Crippen LogP contribution in [0.1, 0.15) is 95.1 Å². The number of fused-ring (bicyclic) bond motifs is 1. The second-order valence-corrected chi connectivity index (χ2v) is 9.17. The maximum absolute atomic E-state index is 2.52. The average Bonchev–Trinajstić information content (AvgIpc) is 2.97. The number of allylic oxidation sites excluding steroid dienone is 6. The fraction of sp³-hybridized carbons (Fsp3) is 0.556. The third kappa shape index (κ3) is 4.31. The molecule has 3 atom stereocenters. The summed E-state index contributed by atoms with van der Waals surface area (Å²) in [6.07, 6.45) is 20.7. The molecular formula is C27H36. The molecule has 0 heterocycles. The Labute approximate surface area is 166 Å². The van der Waals surface area contributed by atoms with E-state index in [1.165, 1.54) is 74.5 Å². The van der Waals surface area contributed by atoms with Gasteiger partial charge in [-0.25, -0.2) is 0 Å². The van der Waals surface area contributed by atoms with Crippen LogP contribution >= 0.6 is 0 Å². The molecule has 1 saturated carbocycles. The van der Waals surface area contributed by atoms with Gasteiger partial charge in [0, 0.05) is 0 Å². The molecule has 1 fully saturated rings. The first-order valence-electron chi connectivity index (χ1n) is 11.4. The summed E-state index contributed by atoms with van der Waals surface area (Å²) in [5.74, 6) is 2.64. The quantitative estimate of drug-likeness (QED) is 0.464. The van der Waals surface area contributed by atoms with E-state index in [4.69, 9.17) is 0 Å². The molecule has 0 radical (unpaired) electrons. The predicted octanol–water partition coefficient (Wildman–Crippen LogP) is 8.22. The van der Waals surface area contributed by atoms with Crippen molar-refractivity contribution in [1.82, 2.24) is 0 Å². The largest absolute Gasteiger partial charge is 0.0801 e. The molecule has 0 nitrogen and oxygen atoms in total. The zero-order chi connectivity index (χ0) is 18.6. The first-order chi connectivity index (χ1) is 13.2. The Hall–Kier alpha value is -1.56. The van der Waals surface area contributed by atoms with Crippen molar-refractivity contribution in [2.75, 3.05) is 0 Å². The fourth-order valence-electron chi connectivity index (χ4n) is 5.62. The zero-order valence-corrected chi connectivity index (χ0v) is 17.3. The minimum Gasteiger partial charge on any atom is -0.0801 e. The molecule has 0 saturated heterocycles. The Balaban J connectivity index is 1.47. The Morgan fingerprint density at radius 3 is 2.74 bits per heavy atom. The summed E-state index contributed by atoms with van der Waals surface area (Å²) in [4.78, 5) is 0. The molecule has 0 amide bonds. The number of hydrogen-bond donors (Lipinski definition) is 0. The van der Waals surface area contributed by atoms with Crippen LogP contribution in [0, 0.1) is 11.8 Å². The standard InChI is InChI=1S/C27H36/c1-3-8-20(2)21-11-6-12-22(16-15-21)23-13-7-14-26(17-23)27-18-24-9-4-5-10-25(24)19-27/h7,9-10,13-14,17-18,20-22H,3-6,8,11-12,15-16,19H2,1-2H3/t20?,21?,22-/m1/s1. The Bertz CT molecular complexity index is 745. The second-order valence-electron chi connectivity index (χ2n) is 9.17. The van der Waals surface area contributed by atoms with Gasteiger partial charge in [0.1, 0.15) is 0 Å². The zero-order valence-electron chi connectivity index (χ0n) is 17.3. The van der Waals surface area contributed by atoms with E-state index in [2.05, 4.69) is 56.3 Å². The summed E-state index contributed by atoms with van der Waals surface area (Å²) in [6.45, 7) is 4.83. The lowest BCUT2D eigenvalue weighted by molar-refractivity contribution is 0.300. The monoisotopic (exact) mass is 360 g/mol. The highest BCUT2D eigenvalue weighted by atomic mass is 14.3. The SMILES string of the molecule is CCCC(C)C1CCC[C@@H](c2cccc(C3=CC4=CCCC=C4C3)c2)CC1. The molecule has 3 aliphatic rings. The number of hydrogen-bond acceptors (Lipinski definition) is 0. The van der Waals surface area contributed by atoms with Crippen LogP contribution in [0.5, 0.6) is 0 Å². The van der Waals surface area contributed by atoms with E-state index in [1.807, 2.05) is 0 Å². The van der Waals surface area contributed by atoms with E-state index in [-0.39, 0.29) is 0 Å². The third-order valence-corrected chi connectivity index (χ3v) is 7.29. The maximum Gasteiger partial charge on any atom is -0.00170 e. The molecule has 2 unspecified atom stereocenters. The lowest BCUT2D eigenvalue weighted by Crippen LogP contribution is -2.10. The average molecular weight is 361 g/mol. The molecule has 144 valence electrons. The van der Waals surface area contributed by atoms with E-state index in [9.17, 15) is 0 Å². The van der Waals surface area contributed by atoms with Gasteiger partial charge in [0.25, 0.3) is 0 Å². The van der Waals surface area contributed by atoms with Crippen LogP contribution in [0.3, 0.4) is 0 Å². The molecule has 4 rings (SSSR count). The van der Waals surface area contributed by atoms with Crippen molar-refractivity contribution < 1.29 is 0 Å².